The van der Waals surface area contributed by atoms with Crippen LogP contribution in [-0.2, 0) is 11.3 Å². The van der Waals surface area contributed by atoms with Crippen molar-refractivity contribution in [1.82, 2.24) is 9.78 Å². The highest BCUT2D eigenvalue weighted by Crippen LogP contribution is 2.26. The topological polar surface area (TPSA) is 83.6 Å². The zero-order chi connectivity index (χ0) is 22.1. The van der Waals surface area contributed by atoms with E-state index >= 15 is 0 Å². The number of methoxy groups -OCH3 is 1. The maximum Gasteiger partial charge on any atom is 0.343 e. The summed E-state index contributed by atoms with van der Waals surface area (Å²) < 4.78 is 30.3. The minimum atomic E-state index is -0.703. The average Bonchev–Trinajstić information content (AvgIpc) is 3.05. The first kappa shape index (κ1) is 20.6. The number of fused-ring (bicyclic) bond motifs is 1. The molecule has 0 aliphatic carbocycles. The lowest BCUT2D eigenvalue weighted by Gasteiger charge is -2.08. The van der Waals surface area contributed by atoms with Gasteiger partial charge in [-0.3, -0.25) is 0 Å². The van der Waals surface area contributed by atoms with E-state index in [4.69, 9.17) is 25.5 Å². The number of hydrogen-bond donors (Lipinski definition) is 0. The number of benzene rings is 2. The SMILES string of the molecule is COc1ccc2c(COC(=O)c3c(C)nn(-c4ccc(F)cc4)c3Cl)cc(=O)oc2c1. The van der Waals surface area contributed by atoms with E-state index in [0.717, 1.165) is 0 Å². The number of carbonyl (C=O) groups excluding carboxylic acids is 1. The van der Waals surface area contributed by atoms with Crippen LogP contribution in [0, 0.1) is 12.7 Å². The molecule has 0 amide bonds. The van der Waals surface area contributed by atoms with Gasteiger partial charge in [-0.2, -0.15) is 5.10 Å². The largest absolute Gasteiger partial charge is 0.497 e. The van der Waals surface area contributed by atoms with Gasteiger partial charge in [-0.25, -0.2) is 18.7 Å². The molecule has 0 aliphatic rings. The van der Waals surface area contributed by atoms with Crippen LogP contribution in [0.25, 0.3) is 16.7 Å². The van der Waals surface area contributed by atoms with Gasteiger partial charge in [0.05, 0.1) is 18.5 Å². The number of nitrogens with zero attached hydrogens (tertiary/aromatic N) is 2. The van der Waals surface area contributed by atoms with Crippen molar-refractivity contribution in [2.45, 2.75) is 13.5 Å². The molecule has 7 nitrogen and oxygen atoms in total. The number of carbonyl (C=O) groups is 1. The second kappa shape index (κ2) is 8.23. The fraction of sp³-hybridized carbons (Fsp3) is 0.136. The number of aromatic nitrogens is 2. The Morgan fingerprint density at radius 2 is 1.94 bits per heavy atom. The van der Waals surface area contributed by atoms with E-state index in [9.17, 15) is 14.0 Å². The normalized spacial score (nSPS) is 11.0. The van der Waals surface area contributed by atoms with Crippen molar-refractivity contribution < 1.29 is 23.1 Å². The summed E-state index contributed by atoms with van der Waals surface area (Å²) in [6.07, 6.45) is 0. The second-order valence-corrected chi connectivity index (χ2v) is 7.03. The van der Waals surface area contributed by atoms with Gasteiger partial charge in [-0.1, -0.05) is 11.6 Å². The molecule has 0 N–H and O–H groups in total. The lowest BCUT2D eigenvalue weighted by Crippen LogP contribution is -2.09. The molecule has 0 saturated heterocycles. The van der Waals surface area contributed by atoms with Crippen LogP contribution < -0.4 is 10.4 Å². The van der Waals surface area contributed by atoms with Crippen molar-refractivity contribution in [2.75, 3.05) is 7.11 Å². The van der Waals surface area contributed by atoms with E-state index < -0.39 is 17.4 Å². The van der Waals surface area contributed by atoms with Crippen molar-refractivity contribution in [3.63, 3.8) is 0 Å². The lowest BCUT2D eigenvalue weighted by molar-refractivity contribution is 0.0473. The molecule has 0 spiro atoms. The maximum absolute atomic E-state index is 13.2. The molecule has 158 valence electrons. The van der Waals surface area contributed by atoms with Crippen LogP contribution in [0.4, 0.5) is 4.39 Å². The molecule has 2 aromatic heterocycles. The Labute approximate surface area is 180 Å². The van der Waals surface area contributed by atoms with E-state index in [0.29, 0.717) is 33.7 Å². The second-order valence-electron chi connectivity index (χ2n) is 6.67. The Morgan fingerprint density at radius 3 is 2.65 bits per heavy atom. The fourth-order valence-corrected chi connectivity index (χ4v) is 3.51. The highest BCUT2D eigenvalue weighted by atomic mass is 35.5. The van der Waals surface area contributed by atoms with Crippen LogP contribution in [0.5, 0.6) is 5.75 Å². The average molecular weight is 443 g/mol. The summed E-state index contributed by atoms with van der Waals surface area (Å²) in [6.45, 7) is 1.44. The third-order valence-corrected chi connectivity index (χ3v) is 5.02. The molecule has 0 aliphatic heterocycles. The summed E-state index contributed by atoms with van der Waals surface area (Å²) in [5.41, 5.74) is 1.14. The van der Waals surface area contributed by atoms with Crippen LogP contribution in [0.15, 0.2) is 57.7 Å². The predicted molar refractivity (Wildman–Crippen MR) is 111 cm³/mol. The molecule has 9 heteroatoms. The highest BCUT2D eigenvalue weighted by molar-refractivity contribution is 6.33. The van der Waals surface area contributed by atoms with Gasteiger partial charge in [-0.05, 0) is 43.3 Å². The molecule has 0 saturated carbocycles. The van der Waals surface area contributed by atoms with Crippen molar-refractivity contribution in [1.29, 1.82) is 0 Å². The van der Waals surface area contributed by atoms with E-state index in [1.54, 1.807) is 25.1 Å². The molecule has 0 radical (unpaired) electrons. The number of halogens is 2. The number of aryl methyl sites for hydroxylation is 1. The van der Waals surface area contributed by atoms with Gasteiger partial charge in [-0.15, -0.1) is 0 Å². The number of ether oxygens (including phenoxy) is 2. The third kappa shape index (κ3) is 4.02. The van der Waals surface area contributed by atoms with Crippen LogP contribution >= 0.6 is 11.6 Å². The quantitative estimate of drug-likeness (QED) is 0.335. The van der Waals surface area contributed by atoms with E-state index in [-0.39, 0.29) is 17.3 Å². The van der Waals surface area contributed by atoms with Crippen molar-refractivity contribution >= 4 is 28.5 Å². The maximum atomic E-state index is 13.2. The summed E-state index contributed by atoms with van der Waals surface area (Å²) in [4.78, 5) is 24.6. The predicted octanol–water partition coefficient (Wildman–Crippen LogP) is 4.45. The van der Waals surface area contributed by atoms with Crippen LogP contribution in [0.2, 0.25) is 5.15 Å². The number of esters is 1. The lowest BCUT2D eigenvalue weighted by atomic mass is 10.1. The van der Waals surface area contributed by atoms with Gasteiger partial charge in [0, 0.05) is 23.1 Å². The molecule has 4 rings (SSSR count). The summed E-state index contributed by atoms with van der Waals surface area (Å²) in [7, 11) is 1.50. The first-order valence-corrected chi connectivity index (χ1v) is 9.54. The van der Waals surface area contributed by atoms with Gasteiger partial charge >= 0.3 is 11.6 Å². The molecule has 0 bridgehead atoms. The summed E-state index contributed by atoms with van der Waals surface area (Å²) >= 11 is 6.36. The van der Waals surface area contributed by atoms with Gasteiger partial charge in [0.2, 0.25) is 0 Å². The molecule has 2 aromatic carbocycles. The van der Waals surface area contributed by atoms with Crippen molar-refractivity contribution in [3.8, 4) is 11.4 Å². The Kier molecular flexibility index (Phi) is 5.48. The summed E-state index contributed by atoms with van der Waals surface area (Å²) in [5.74, 6) is -0.577. The van der Waals surface area contributed by atoms with E-state index in [2.05, 4.69) is 5.10 Å². The Bertz CT molecular complexity index is 1340. The zero-order valence-electron chi connectivity index (χ0n) is 16.5. The van der Waals surface area contributed by atoms with Gasteiger partial charge < -0.3 is 13.9 Å². The smallest absolute Gasteiger partial charge is 0.343 e. The monoisotopic (exact) mass is 442 g/mol. The molecular weight excluding hydrogens is 427 g/mol. The molecule has 0 fully saturated rings. The standard InChI is InChI=1S/C22H16ClFN2O5/c1-12-20(21(23)26(25-12)15-5-3-14(24)4-6-15)22(28)30-11-13-9-19(27)31-18-10-16(29-2)7-8-17(13)18/h3-10H,11H2,1-2H3. The molecule has 0 unspecified atom stereocenters. The summed E-state index contributed by atoms with van der Waals surface area (Å²) in [5, 5.41) is 4.90. The number of hydrogen-bond acceptors (Lipinski definition) is 6. The van der Waals surface area contributed by atoms with Crippen molar-refractivity contribution in [2.24, 2.45) is 0 Å². The molecule has 2 heterocycles. The number of rotatable bonds is 5. The first-order chi connectivity index (χ1) is 14.9. The molecule has 31 heavy (non-hydrogen) atoms. The minimum absolute atomic E-state index is 0.0382. The van der Waals surface area contributed by atoms with Gasteiger partial charge in [0.1, 0.15) is 34.5 Å². The van der Waals surface area contributed by atoms with E-state index in [1.165, 1.54) is 42.1 Å². The van der Waals surface area contributed by atoms with E-state index in [1.807, 2.05) is 0 Å². The third-order valence-electron chi connectivity index (χ3n) is 4.68. The van der Waals surface area contributed by atoms with Crippen LogP contribution in [0.1, 0.15) is 21.6 Å². The zero-order valence-corrected chi connectivity index (χ0v) is 17.3. The van der Waals surface area contributed by atoms with Crippen LogP contribution in [-0.4, -0.2) is 22.9 Å². The highest BCUT2D eigenvalue weighted by Gasteiger charge is 2.23. The first-order valence-electron chi connectivity index (χ1n) is 9.16. The Morgan fingerprint density at radius 1 is 1.19 bits per heavy atom. The molecular formula is C22H16ClFN2O5. The summed E-state index contributed by atoms with van der Waals surface area (Å²) in [6, 6.07) is 11.8. The van der Waals surface area contributed by atoms with Gasteiger partial charge in [0.15, 0.2) is 0 Å². The Hall–Kier alpha value is -3.65. The van der Waals surface area contributed by atoms with Crippen molar-refractivity contribution in [3.05, 3.63) is 86.7 Å². The molecule has 0 atom stereocenters. The fourth-order valence-electron chi connectivity index (χ4n) is 3.16. The molecule has 4 aromatic rings. The Balaban J connectivity index is 1.61. The van der Waals surface area contributed by atoms with Gasteiger partial charge in [0.25, 0.3) is 0 Å². The minimum Gasteiger partial charge on any atom is -0.497 e. The van der Waals surface area contributed by atoms with Crippen LogP contribution in [0.3, 0.4) is 0 Å².